The van der Waals surface area contributed by atoms with Crippen molar-refractivity contribution in [3.05, 3.63) is 16.5 Å². The van der Waals surface area contributed by atoms with E-state index in [4.69, 9.17) is 16.3 Å². The summed E-state index contributed by atoms with van der Waals surface area (Å²) in [6.45, 7) is 6.27. The molecule has 1 aromatic rings. The highest BCUT2D eigenvalue weighted by Crippen LogP contribution is 2.40. The Hall–Kier alpha value is -0.830. The van der Waals surface area contributed by atoms with Gasteiger partial charge in [0.25, 0.3) is 0 Å². The monoisotopic (exact) mass is 296 g/mol. The molecule has 1 aromatic heterocycles. The summed E-state index contributed by atoms with van der Waals surface area (Å²) >= 11 is 6.19. The topological polar surface area (TPSA) is 35.0 Å². The number of hydrogen-bond donors (Lipinski definition) is 0. The minimum atomic E-state index is 0.184. The molecular weight excluding hydrogens is 272 g/mol. The van der Waals surface area contributed by atoms with Gasteiger partial charge in [-0.15, -0.1) is 0 Å². The third kappa shape index (κ3) is 4.34. The maximum absolute atomic E-state index is 6.19. The first kappa shape index (κ1) is 15.6. The summed E-state index contributed by atoms with van der Waals surface area (Å²) in [5, 5.41) is 0.537. The van der Waals surface area contributed by atoms with E-state index in [9.17, 15) is 0 Å². The number of unbranched alkanes of at least 4 members (excludes halogenated alkanes) is 3. The van der Waals surface area contributed by atoms with Gasteiger partial charge in [0.1, 0.15) is 11.0 Å². The van der Waals surface area contributed by atoms with E-state index in [1.165, 1.54) is 38.5 Å². The van der Waals surface area contributed by atoms with Crippen molar-refractivity contribution in [1.82, 2.24) is 9.97 Å². The molecule has 0 bridgehead atoms. The molecule has 1 heterocycles. The minimum Gasteiger partial charge on any atom is -0.474 e. The van der Waals surface area contributed by atoms with E-state index in [0.29, 0.717) is 17.0 Å². The molecule has 0 amide bonds. The van der Waals surface area contributed by atoms with E-state index in [2.05, 4.69) is 23.8 Å². The summed E-state index contributed by atoms with van der Waals surface area (Å²) in [5.74, 6) is 2.03. The number of aromatic nitrogens is 2. The number of nitrogens with zero attached hydrogens (tertiary/aromatic N) is 2. The van der Waals surface area contributed by atoms with Gasteiger partial charge in [-0.05, 0) is 39.5 Å². The third-order valence-electron chi connectivity index (χ3n) is 3.78. The Morgan fingerprint density at radius 3 is 2.65 bits per heavy atom. The molecule has 0 spiro atoms. The molecule has 0 aliphatic heterocycles. The van der Waals surface area contributed by atoms with Crippen molar-refractivity contribution >= 4 is 11.6 Å². The Morgan fingerprint density at radius 2 is 2.00 bits per heavy atom. The first-order chi connectivity index (χ1) is 9.61. The highest BCUT2D eigenvalue weighted by atomic mass is 35.5. The van der Waals surface area contributed by atoms with Crippen LogP contribution in [0.5, 0.6) is 5.88 Å². The first-order valence-corrected chi connectivity index (χ1v) is 8.20. The molecule has 1 saturated carbocycles. The molecule has 1 fully saturated rings. The highest BCUT2D eigenvalue weighted by Gasteiger charge is 2.28. The number of halogens is 1. The summed E-state index contributed by atoms with van der Waals surface area (Å²) in [5.41, 5.74) is 0.858. The molecule has 0 N–H and O–H groups in total. The highest BCUT2D eigenvalue weighted by molar-refractivity contribution is 6.30. The second kappa shape index (κ2) is 7.26. The zero-order valence-corrected chi connectivity index (χ0v) is 13.5. The van der Waals surface area contributed by atoms with Crippen LogP contribution in [0.2, 0.25) is 5.15 Å². The van der Waals surface area contributed by atoms with E-state index in [1.807, 2.05) is 6.92 Å². The van der Waals surface area contributed by atoms with E-state index < -0.39 is 0 Å². The largest absolute Gasteiger partial charge is 0.474 e. The Balaban J connectivity index is 1.93. The molecular formula is C16H25ClN2O. The predicted octanol–water partition coefficient (Wildman–Crippen LogP) is 5.05. The van der Waals surface area contributed by atoms with E-state index >= 15 is 0 Å². The summed E-state index contributed by atoms with van der Waals surface area (Å²) in [6.07, 6.45) is 8.65. The van der Waals surface area contributed by atoms with Crippen molar-refractivity contribution in [3.63, 3.8) is 0 Å². The zero-order chi connectivity index (χ0) is 14.5. The average molecular weight is 297 g/mol. The minimum absolute atomic E-state index is 0.184. The second-order valence-electron chi connectivity index (χ2n) is 5.85. The lowest BCUT2D eigenvalue weighted by molar-refractivity contribution is 0.196. The summed E-state index contributed by atoms with van der Waals surface area (Å²) in [7, 11) is 0. The van der Waals surface area contributed by atoms with Crippen molar-refractivity contribution in [2.45, 2.75) is 77.7 Å². The lowest BCUT2D eigenvalue weighted by Gasteiger charge is -2.16. The fourth-order valence-electron chi connectivity index (χ4n) is 2.23. The molecule has 0 aromatic carbocycles. The van der Waals surface area contributed by atoms with Crippen molar-refractivity contribution in [2.24, 2.45) is 0 Å². The smallest absolute Gasteiger partial charge is 0.221 e. The van der Waals surface area contributed by atoms with Gasteiger partial charge in [0, 0.05) is 11.5 Å². The quantitative estimate of drug-likeness (QED) is 0.497. The molecule has 112 valence electrons. The van der Waals surface area contributed by atoms with E-state index in [1.54, 1.807) is 0 Å². The average Bonchev–Trinajstić information content (AvgIpc) is 3.24. The van der Waals surface area contributed by atoms with Crippen LogP contribution in [0.25, 0.3) is 0 Å². The zero-order valence-electron chi connectivity index (χ0n) is 12.8. The Labute approximate surface area is 127 Å². The molecule has 0 saturated heterocycles. The second-order valence-corrected chi connectivity index (χ2v) is 6.21. The van der Waals surface area contributed by atoms with Gasteiger partial charge >= 0.3 is 0 Å². The molecule has 3 nitrogen and oxygen atoms in total. The molecule has 1 aliphatic carbocycles. The van der Waals surface area contributed by atoms with Gasteiger partial charge in [-0.1, -0.05) is 37.8 Å². The Kier molecular flexibility index (Phi) is 5.64. The lowest BCUT2D eigenvalue weighted by atomic mass is 10.1. The first-order valence-electron chi connectivity index (χ1n) is 7.82. The van der Waals surface area contributed by atoms with Gasteiger partial charge in [-0.3, -0.25) is 0 Å². The molecule has 1 aliphatic rings. The molecule has 2 rings (SSSR count). The fraction of sp³-hybridized carbons (Fsp3) is 0.750. The van der Waals surface area contributed by atoms with Gasteiger partial charge in [-0.25, -0.2) is 4.98 Å². The Bertz CT molecular complexity index is 446. The van der Waals surface area contributed by atoms with Crippen molar-refractivity contribution in [1.29, 1.82) is 0 Å². The standard InChI is InChI=1S/C16H25ClN2O/c1-4-5-6-7-8-11(2)20-16-12(3)14(17)18-15(19-16)13-9-10-13/h11,13H,4-10H2,1-3H3. The Morgan fingerprint density at radius 1 is 1.25 bits per heavy atom. The van der Waals surface area contributed by atoms with Gasteiger partial charge in [0.2, 0.25) is 5.88 Å². The number of hydrogen-bond acceptors (Lipinski definition) is 3. The maximum Gasteiger partial charge on any atom is 0.221 e. The number of rotatable bonds is 8. The van der Waals surface area contributed by atoms with Crippen LogP contribution >= 0.6 is 11.6 Å². The molecule has 20 heavy (non-hydrogen) atoms. The van der Waals surface area contributed by atoms with E-state index in [0.717, 1.165) is 17.8 Å². The van der Waals surface area contributed by atoms with Crippen LogP contribution in [0.4, 0.5) is 0 Å². The van der Waals surface area contributed by atoms with Crippen LogP contribution in [-0.2, 0) is 0 Å². The van der Waals surface area contributed by atoms with Crippen LogP contribution in [0.1, 0.15) is 76.1 Å². The van der Waals surface area contributed by atoms with Gasteiger partial charge in [0.15, 0.2) is 0 Å². The van der Waals surface area contributed by atoms with Crippen molar-refractivity contribution in [2.75, 3.05) is 0 Å². The molecule has 1 atom stereocenters. The molecule has 4 heteroatoms. The summed E-state index contributed by atoms with van der Waals surface area (Å²) < 4.78 is 5.99. The summed E-state index contributed by atoms with van der Waals surface area (Å²) in [4.78, 5) is 8.93. The van der Waals surface area contributed by atoms with Crippen LogP contribution < -0.4 is 4.74 Å². The van der Waals surface area contributed by atoms with Crippen molar-refractivity contribution in [3.8, 4) is 5.88 Å². The molecule has 1 unspecified atom stereocenters. The molecule has 0 radical (unpaired) electrons. The normalized spacial score (nSPS) is 16.2. The van der Waals surface area contributed by atoms with Gasteiger partial charge < -0.3 is 4.74 Å². The number of ether oxygens (including phenoxy) is 1. The third-order valence-corrected chi connectivity index (χ3v) is 4.15. The van der Waals surface area contributed by atoms with Crippen LogP contribution in [0.15, 0.2) is 0 Å². The summed E-state index contributed by atoms with van der Waals surface area (Å²) in [6, 6.07) is 0. The predicted molar refractivity (Wildman–Crippen MR) is 82.6 cm³/mol. The van der Waals surface area contributed by atoms with Crippen LogP contribution in [-0.4, -0.2) is 16.1 Å². The van der Waals surface area contributed by atoms with Crippen LogP contribution in [0, 0.1) is 6.92 Å². The maximum atomic E-state index is 6.19. The van der Waals surface area contributed by atoms with Gasteiger partial charge in [-0.2, -0.15) is 4.98 Å². The van der Waals surface area contributed by atoms with Gasteiger partial charge in [0.05, 0.1) is 6.10 Å². The fourth-order valence-corrected chi connectivity index (χ4v) is 2.40. The lowest BCUT2D eigenvalue weighted by Crippen LogP contribution is -2.14. The van der Waals surface area contributed by atoms with E-state index in [-0.39, 0.29) is 6.10 Å². The SMILES string of the molecule is CCCCCCC(C)Oc1nc(C2CC2)nc(Cl)c1C. The van der Waals surface area contributed by atoms with Crippen LogP contribution in [0.3, 0.4) is 0 Å². The van der Waals surface area contributed by atoms with Crippen molar-refractivity contribution < 1.29 is 4.74 Å².